The van der Waals surface area contributed by atoms with Crippen molar-refractivity contribution in [3.05, 3.63) is 46.1 Å². The number of aryl methyl sites for hydroxylation is 1. The number of fused-ring (bicyclic) bond motifs is 2. The Morgan fingerprint density at radius 3 is 2.65 bits per heavy atom. The molecule has 1 unspecified atom stereocenters. The van der Waals surface area contributed by atoms with Crippen LogP contribution in [0.15, 0.2) is 18.2 Å². The highest BCUT2D eigenvalue weighted by Gasteiger charge is 2.48. The van der Waals surface area contributed by atoms with Crippen LogP contribution in [0.4, 0.5) is 8.78 Å². The SMILES string of the molecule is O[C@@H]1CO[C@H]2[C@@H]1OC[C@H]2Oc1nc2nc(CCc3c(F)cc(OCC4CCCO4)cc3F)c(Cl)cc2[nH]1. The van der Waals surface area contributed by atoms with Gasteiger partial charge in [-0.3, -0.25) is 0 Å². The van der Waals surface area contributed by atoms with Crippen molar-refractivity contribution in [1.29, 1.82) is 0 Å². The molecule has 0 aliphatic carbocycles. The molecule has 37 heavy (non-hydrogen) atoms. The molecule has 3 aromatic rings. The maximum atomic E-state index is 14.7. The number of halogens is 3. The molecule has 0 amide bonds. The Hall–Kier alpha value is -2.57. The summed E-state index contributed by atoms with van der Waals surface area (Å²) in [6.07, 6.45) is 0.133. The zero-order valence-corrected chi connectivity index (χ0v) is 20.5. The van der Waals surface area contributed by atoms with Gasteiger partial charge in [-0.15, -0.1) is 0 Å². The maximum absolute atomic E-state index is 14.7. The van der Waals surface area contributed by atoms with Gasteiger partial charge in [-0.05, 0) is 31.7 Å². The van der Waals surface area contributed by atoms with Gasteiger partial charge in [-0.25, -0.2) is 13.8 Å². The number of pyridine rings is 1. The lowest BCUT2D eigenvalue weighted by Gasteiger charge is -2.15. The van der Waals surface area contributed by atoms with E-state index in [0.717, 1.165) is 12.8 Å². The zero-order chi connectivity index (χ0) is 25.5. The van der Waals surface area contributed by atoms with Crippen LogP contribution in [0.5, 0.6) is 11.8 Å². The van der Waals surface area contributed by atoms with E-state index in [-0.39, 0.29) is 62.2 Å². The number of aromatic nitrogens is 3. The number of hydrogen-bond donors (Lipinski definition) is 2. The van der Waals surface area contributed by atoms with Crippen LogP contribution in [-0.2, 0) is 27.1 Å². The molecule has 2 aromatic heterocycles. The Morgan fingerprint density at radius 2 is 1.86 bits per heavy atom. The molecule has 3 aliphatic heterocycles. The molecule has 5 atom stereocenters. The summed E-state index contributed by atoms with van der Waals surface area (Å²) in [5, 5.41) is 10.2. The summed E-state index contributed by atoms with van der Waals surface area (Å²) in [5.74, 6) is -1.25. The van der Waals surface area contributed by atoms with Crippen LogP contribution in [0.25, 0.3) is 11.2 Å². The molecule has 9 nitrogen and oxygen atoms in total. The molecule has 3 fully saturated rings. The average molecular weight is 538 g/mol. The van der Waals surface area contributed by atoms with Crippen molar-refractivity contribution in [3.63, 3.8) is 0 Å². The van der Waals surface area contributed by atoms with Gasteiger partial charge in [0.2, 0.25) is 0 Å². The highest BCUT2D eigenvalue weighted by atomic mass is 35.5. The maximum Gasteiger partial charge on any atom is 0.296 e. The minimum atomic E-state index is -0.689. The van der Waals surface area contributed by atoms with Crippen LogP contribution in [0.2, 0.25) is 5.02 Å². The summed E-state index contributed by atoms with van der Waals surface area (Å²) in [4.78, 5) is 11.9. The number of aromatic amines is 1. The minimum absolute atomic E-state index is 0.0470. The van der Waals surface area contributed by atoms with Gasteiger partial charge in [-0.2, -0.15) is 4.98 Å². The molecular weight excluding hydrogens is 512 g/mol. The lowest BCUT2D eigenvalue weighted by molar-refractivity contribution is 0.00706. The van der Waals surface area contributed by atoms with E-state index in [1.165, 1.54) is 12.1 Å². The highest BCUT2D eigenvalue weighted by molar-refractivity contribution is 6.31. The van der Waals surface area contributed by atoms with Crippen molar-refractivity contribution >= 4 is 22.8 Å². The molecule has 3 aliphatic rings. The van der Waals surface area contributed by atoms with E-state index < -0.39 is 29.9 Å². The molecule has 0 bridgehead atoms. The van der Waals surface area contributed by atoms with Gasteiger partial charge in [0.25, 0.3) is 6.01 Å². The van der Waals surface area contributed by atoms with Gasteiger partial charge >= 0.3 is 0 Å². The lowest BCUT2D eigenvalue weighted by Crippen LogP contribution is -2.34. The van der Waals surface area contributed by atoms with Crippen LogP contribution < -0.4 is 9.47 Å². The monoisotopic (exact) mass is 537 g/mol. The minimum Gasteiger partial charge on any atom is -0.491 e. The Balaban J connectivity index is 1.12. The topological polar surface area (TPSA) is 108 Å². The van der Waals surface area contributed by atoms with E-state index in [1.807, 2.05) is 0 Å². The van der Waals surface area contributed by atoms with Gasteiger partial charge in [0.1, 0.15) is 42.3 Å². The molecule has 5 heterocycles. The van der Waals surface area contributed by atoms with Crippen LogP contribution in [0.3, 0.4) is 0 Å². The number of H-pyrrole nitrogens is 1. The second-order valence-corrected chi connectivity index (χ2v) is 9.87. The summed E-state index contributed by atoms with van der Waals surface area (Å²) in [7, 11) is 0. The smallest absolute Gasteiger partial charge is 0.296 e. The van der Waals surface area contributed by atoms with Gasteiger partial charge in [0.15, 0.2) is 11.8 Å². The zero-order valence-electron chi connectivity index (χ0n) is 19.8. The molecular formula is C25H26ClF2N3O6. The third-order valence-corrected chi connectivity index (χ3v) is 7.24. The van der Waals surface area contributed by atoms with Crippen molar-refractivity contribution in [1.82, 2.24) is 15.0 Å². The normalized spacial score (nSPS) is 27.2. The second-order valence-electron chi connectivity index (χ2n) is 9.46. The number of benzene rings is 1. The molecule has 0 spiro atoms. The van der Waals surface area contributed by atoms with Gasteiger partial charge in [-0.1, -0.05) is 11.6 Å². The molecule has 1 aromatic carbocycles. The Bertz CT molecular complexity index is 1260. The summed E-state index contributed by atoms with van der Waals surface area (Å²) < 4.78 is 57.5. The molecule has 0 saturated carbocycles. The van der Waals surface area contributed by atoms with E-state index in [0.29, 0.717) is 28.5 Å². The van der Waals surface area contributed by atoms with E-state index in [4.69, 9.17) is 35.3 Å². The Labute approximate surface area is 216 Å². The first-order valence-corrected chi connectivity index (χ1v) is 12.7. The summed E-state index contributed by atoms with van der Waals surface area (Å²) >= 11 is 6.41. The van der Waals surface area contributed by atoms with E-state index in [9.17, 15) is 13.9 Å². The fraction of sp³-hybridized carbons (Fsp3) is 0.520. The molecule has 198 valence electrons. The van der Waals surface area contributed by atoms with Crippen LogP contribution in [0, 0.1) is 11.6 Å². The second kappa shape index (κ2) is 10.3. The fourth-order valence-corrected chi connectivity index (χ4v) is 5.21. The first-order valence-electron chi connectivity index (χ1n) is 12.3. The number of nitrogens with zero attached hydrogens (tertiary/aromatic N) is 2. The van der Waals surface area contributed by atoms with Crippen molar-refractivity contribution in [3.8, 4) is 11.8 Å². The summed E-state index contributed by atoms with van der Waals surface area (Å²) in [5.41, 5.74) is 1.30. The molecule has 6 rings (SSSR count). The number of rotatable bonds is 8. The van der Waals surface area contributed by atoms with Crippen molar-refractivity contribution < 1.29 is 37.6 Å². The first-order chi connectivity index (χ1) is 17.9. The van der Waals surface area contributed by atoms with Crippen LogP contribution in [-0.4, -0.2) is 77.0 Å². The standard InChI is InChI=1S/C25H26ClF2N3O6/c26-15-8-19-24(31-25(30-19)37-21-11-36-22-20(32)10-35-23(21)22)29-18(15)4-3-14-16(27)6-13(7-17(14)28)34-9-12-2-1-5-33-12/h6-8,12,20-23,32H,1-5,9-11H2,(H,29,30,31)/t12?,20-,21-,22-,23-/m1/s1. The van der Waals surface area contributed by atoms with Crippen molar-refractivity contribution in [2.75, 3.05) is 26.4 Å². The predicted octanol–water partition coefficient (Wildman–Crippen LogP) is 3.14. The lowest BCUT2D eigenvalue weighted by atomic mass is 10.1. The number of nitrogens with one attached hydrogen (secondary N) is 1. The highest BCUT2D eigenvalue weighted by Crippen LogP contribution is 2.31. The number of aliphatic hydroxyl groups excluding tert-OH is 1. The van der Waals surface area contributed by atoms with E-state index in [2.05, 4.69) is 15.0 Å². The third kappa shape index (κ3) is 5.10. The fourth-order valence-electron chi connectivity index (χ4n) is 4.96. The van der Waals surface area contributed by atoms with Gasteiger partial charge in [0.05, 0.1) is 35.6 Å². The number of imidazole rings is 1. The third-order valence-electron chi connectivity index (χ3n) is 6.91. The van der Waals surface area contributed by atoms with Gasteiger partial charge in [0, 0.05) is 24.3 Å². The summed E-state index contributed by atoms with van der Waals surface area (Å²) in [6.45, 7) is 1.40. The molecule has 0 radical (unpaired) electrons. The Kier molecular flexibility index (Phi) is 6.89. The van der Waals surface area contributed by atoms with Gasteiger partial charge < -0.3 is 33.8 Å². The first kappa shape index (κ1) is 24.7. The summed E-state index contributed by atoms with van der Waals surface area (Å²) in [6, 6.07) is 4.24. The predicted molar refractivity (Wildman–Crippen MR) is 127 cm³/mol. The average Bonchev–Trinajstić information content (AvgIpc) is 3.65. The van der Waals surface area contributed by atoms with Crippen molar-refractivity contribution in [2.24, 2.45) is 0 Å². The van der Waals surface area contributed by atoms with E-state index >= 15 is 0 Å². The molecule has 12 heteroatoms. The number of aliphatic hydroxyl groups is 1. The Morgan fingerprint density at radius 1 is 1.05 bits per heavy atom. The quantitative estimate of drug-likeness (QED) is 0.451. The van der Waals surface area contributed by atoms with Crippen molar-refractivity contribution in [2.45, 2.75) is 56.2 Å². The van der Waals surface area contributed by atoms with Crippen LogP contribution in [0.1, 0.15) is 24.1 Å². The van der Waals surface area contributed by atoms with Crippen LogP contribution >= 0.6 is 11.6 Å². The molecule has 2 N–H and O–H groups in total. The molecule has 3 saturated heterocycles. The largest absolute Gasteiger partial charge is 0.491 e. The number of ether oxygens (including phenoxy) is 5. The van der Waals surface area contributed by atoms with E-state index in [1.54, 1.807) is 6.07 Å². The number of hydrogen-bond acceptors (Lipinski definition) is 8.